The van der Waals surface area contributed by atoms with Gasteiger partial charge in [-0.1, -0.05) is 25.4 Å². The minimum absolute atomic E-state index is 0.0476. The number of amides is 1. The number of oxime groups is 1. The second kappa shape index (κ2) is 5.59. The summed E-state index contributed by atoms with van der Waals surface area (Å²) in [4.78, 5) is 14.3. The zero-order valence-corrected chi connectivity index (χ0v) is 11.8. The second-order valence-corrected chi connectivity index (χ2v) is 6.08. The van der Waals surface area contributed by atoms with Crippen LogP contribution in [0.25, 0.3) is 0 Å². The lowest BCUT2D eigenvalue weighted by Gasteiger charge is -2.34. The van der Waals surface area contributed by atoms with Crippen molar-refractivity contribution in [1.29, 1.82) is 0 Å². The monoisotopic (exact) mass is 255 g/mol. The summed E-state index contributed by atoms with van der Waals surface area (Å²) < 4.78 is 0. The fourth-order valence-corrected chi connectivity index (χ4v) is 2.71. The van der Waals surface area contributed by atoms with Crippen molar-refractivity contribution < 1.29 is 10.0 Å². The van der Waals surface area contributed by atoms with E-state index in [2.05, 4.69) is 19.0 Å². The van der Waals surface area contributed by atoms with E-state index in [4.69, 9.17) is 10.9 Å². The number of carbonyl (C=O) groups excluding carboxylic acids is 1. The van der Waals surface area contributed by atoms with E-state index in [0.717, 1.165) is 19.3 Å². The summed E-state index contributed by atoms with van der Waals surface area (Å²) in [6.45, 7) is 8.38. The quantitative estimate of drug-likeness (QED) is 0.348. The van der Waals surface area contributed by atoms with Gasteiger partial charge in [-0.3, -0.25) is 4.79 Å². The molecule has 104 valence electrons. The van der Waals surface area contributed by atoms with Crippen LogP contribution in [-0.4, -0.2) is 34.4 Å². The maximum atomic E-state index is 12.6. The molecule has 5 heteroatoms. The number of carbonyl (C=O) groups is 1. The zero-order valence-electron chi connectivity index (χ0n) is 11.8. The highest BCUT2D eigenvalue weighted by Gasteiger charge is 2.41. The Morgan fingerprint density at radius 3 is 2.56 bits per heavy atom. The summed E-state index contributed by atoms with van der Waals surface area (Å²) in [6.07, 6.45) is 3.11. The predicted octanol–water partition coefficient (Wildman–Crippen LogP) is 1.80. The van der Waals surface area contributed by atoms with Crippen LogP contribution in [0.3, 0.4) is 0 Å². The number of hydrogen-bond donors (Lipinski definition) is 2. The van der Waals surface area contributed by atoms with Gasteiger partial charge in [0.05, 0.1) is 6.54 Å². The smallest absolute Gasteiger partial charge is 0.226 e. The minimum Gasteiger partial charge on any atom is -0.409 e. The van der Waals surface area contributed by atoms with Crippen molar-refractivity contribution in [3.63, 3.8) is 0 Å². The van der Waals surface area contributed by atoms with E-state index in [-0.39, 0.29) is 35.7 Å². The van der Waals surface area contributed by atoms with Gasteiger partial charge in [0, 0.05) is 12.0 Å². The predicted molar refractivity (Wildman–Crippen MR) is 71.4 cm³/mol. The van der Waals surface area contributed by atoms with Crippen molar-refractivity contribution in [2.45, 2.75) is 53.0 Å². The highest BCUT2D eigenvalue weighted by Crippen LogP contribution is 2.43. The molecule has 1 atom stereocenters. The average molecular weight is 255 g/mol. The second-order valence-electron chi connectivity index (χ2n) is 6.08. The van der Waals surface area contributed by atoms with Crippen molar-refractivity contribution in [3.8, 4) is 0 Å². The number of rotatable bonds is 4. The number of amidine groups is 1. The van der Waals surface area contributed by atoms with E-state index < -0.39 is 0 Å². The summed E-state index contributed by atoms with van der Waals surface area (Å²) in [7, 11) is 0. The molecule has 1 unspecified atom stereocenters. The molecule has 0 bridgehead atoms. The van der Waals surface area contributed by atoms with E-state index in [0.29, 0.717) is 0 Å². The highest BCUT2D eigenvalue weighted by molar-refractivity contribution is 5.88. The van der Waals surface area contributed by atoms with Crippen molar-refractivity contribution in [1.82, 2.24) is 4.90 Å². The molecule has 0 aliphatic heterocycles. The fourth-order valence-electron chi connectivity index (χ4n) is 2.71. The zero-order chi connectivity index (χ0) is 13.9. The van der Waals surface area contributed by atoms with Gasteiger partial charge in [0.1, 0.15) is 0 Å². The van der Waals surface area contributed by atoms with Crippen molar-refractivity contribution in [2.75, 3.05) is 6.54 Å². The van der Waals surface area contributed by atoms with Gasteiger partial charge in [-0.05, 0) is 32.1 Å². The molecule has 0 aromatic heterocycles. The van der Waals surface area contributed by atoms with Gasteiger partial charge in [-0.2, -0.15) is 0 Å². The van der Waals surface area contributed by atoms with Gasteiger partial charge < -0.3 is 15.8 Å². The van der Waals surface area contributed by atoms with Crippen LogP contribution < -0.4 is 5.73 Å². The molecule has 18 heavy (non-hydrogen) atoms. The first-order valence-electron chi connectivity index (χ1n) is 6.56. The van der Waals surface area contributed by atoms with Crippen LogP contribution in [0.15, 0.2) is 5.16 Å². The van der Waals surface area contributed by atoms with Crippen LogP contribution in [0.5, 0.6) is 0 Å². The first-order chi connectivity index (χ1) is 8.29. The van der Waals surface area contributed by atoms with E-state index in [9.17, 15) is 4.79 Å². The Kier molecular flexibility index (Phi) is 4.59. The molecular weight excluding hydrogens is 230 g/mol. The first-order valence-corrected chi connectivity index (χ1v) is 6.56. The van der Waals surface area contributed by atoms with Gasteiger partial charge in [0.15, 0.2) is 5.84 Å². The van der Waals surface area contributed by atoms with Crippen molar-refractivity contribution in [3.05, 3.63) is 0 Å². The molecule has 1 aliphatic rings. The lowest BCUT2D eigenvalue weighted by molar-refractivity contribution is -0.139. The Morgan fingerprint density at radius 1 is 1.56 bits per heavy atom. The molecule has 1 rings (SSSR count). The van der Waals surface area contributed by atoms with Crippen LogP contribution in [0.2, 0.25) is 0 Å². The maximum absolute atomic E-state index is 12.6. The summed E-state index contributed by atoms with van der Waals surface area (Å²) in [5.41, 5.74) is 5.57. The standard InChI is InChI=1S/C13H25N3O2/c1-9(2)16(8-11(14)15-18)12(17)10-6-5-7-13(10,3)4/h9-10,18H,5-8H2,1-4H3,(H2,14,15). The molecule has 0 aromatic carbocycles. The lowest BCUT2D eigenvalue weighted by atomic mass is 9.81. The third-order valence-electron chi connectivity index (χ3n) is 3.92. The molecule has 0 saturated heterocycles. The highest BCUT2D eigenvalue weighted by atomic mass is 16.4. The topological polar surface area (TPSA) is 78.9 Å². The Balaban J connectivity index is 2.83. The van der Waals surface area contributed by atoms with Gasteiger partial charge in [-0.25, -0.2) is 0 Å². The number of nitrogens with two attached hydrogens (primary N) is 1. The number of hydrogen-bond acceptors (Lipinski definition) is 3. The Morgan fingerprint density at radius 2 is 2.17 bits per heavy atom. The Bertz CT molecular complexity index is 337. The summed E-state index contributed by atoms with van der Waals surface area (Å²) in [5.74, 6) is 0.248. The minimum atomic E-state index is 0.0476. The van der Waals surface area contributed by atoms with E-state index >= 15 is 0 Å². The SMILES string of the molecule is CC(C)N(CC(N)=NO)C(=O)C1CCCC1(C)C. The number of nitrogens with zero attached hydrogens (tertiary/aromatic N) is 2. The van der Waals surface area contributed by atoms with Crippen molar-refractivity contribution >= 4 is 11.7 Å². The van der Waals surface area contributed by atoms with Crippen LogP contribution in [-0.2, 0) is 4.79 Å². The molecular formula is C13H25N3O2. The molecule has 0 aromatic rings. The average Bonchev–Trinajstić information content (AvgIpc) is 2.64. The summed E-state index contributed by atoms with van der Waals surface area (Å²) in [5, 5.41) is 11.6. The van der Waals surface area contributed by atoms with E-state index in [1.54, 1.807) is 4.90 Å². The molecule has 3 N–H and O–H groups in total. The Labute approximate surface area is 109 Å². The summed E-state index contributed by atoms with van der Waals surface area (Å²) in [6, 6.07) is 0.0502. The van der Waals surface area contributed by atoms with E-state index in [1.807, 2.05) is 13.8 Å². The van der Waals surface area contributed by atoms with Crippen molar-refractivity contribution in [2.24, 2.45) is 22.2 Å². The van der Waals surface area contributed by atoms with Crippen LogP contribution in [0.4, 0.5) is 0 Å². The third-order valence-corrected chi connectivity index (χ3v) is 3.92. The van der Waals surface area contributed by atoms with Crippen LogP contribution in [0.1, 0.15) is 47.0 Å². The molecule has 1 fully saturated rings. The fraction of sp³-hybridized carbons (Fsp3) is 0.846. The molecule has 0 radical (unpaired) electrons. The van der Waals surface area contributed by atoms with Crippen LogP contribution >= 0.6 is 0 Å². The van der Waals surface area contributed by atoms with Crippen LogP contribution in [0, 0.1) is 11.3 Å². The van der Waals surface area contributed by atoms with Gasteiger partial charge >= 0.3 is 0 Å². The molecule has 1 saturated carbocycles. The maximum Gasteiger partial charge on any atom is 0.226 e. The van der Waals surface area contributed by atoms with Gasteiger partial charge in [0.2, 0.25) is 5.91 Å². The van der Waals surface area contributed by atoms with Gasteiger partial charge in [-0.15, -0.1) is 0 Å². The third kappa shape index (κ3) is 3.15. The normalized spacial score (nSPS) is 23.4. The lowest BCUT2D eigenvalue weighted by Crippen LogP contribution is -2.47. The molecule has 1 amide bonds. The molecule has 1 aliphatic carbocycles. The van der Waals surface area contributed by atoms with Gasteiger partial charge in [0.25, 0.3) is 0 Å². The molecule has 0 spiro atoms. The molecule has 0 heterocycles. The Hall–Kier alpha value is -1.26. The largest absolute Gasteiger partial charge is 0.409 e. The summed E-state index contributed by atoms with van der Waals surface area (Å²) >= 11 is 0. The molecule has 5 nitrogen and oxygen atoms in total. The van der Waals surface area contributed by atoms with E-state index in [1.165, 1.54) is 0 Å². The first kappa shape index (κ1) is 14.8.